The van der Waals surface area contributed by atoms with Gasteiger partial charge in [0.25, 0.3) is 0 Å². The first-order valence-electron chi connectivity index (χ1n) is 10.2. The second kappa shape index (κ2) is 9.53. The van der Waals surface area contributed by atoms with Crippen LogP contribution in [0.25, 0.3) is 10.8 Å². The van der Waals surface area contributed by atoms with Gasteiger partial charge in [0.1, 0.15) is 18.2 Å². The van der Waals surface area contributed by atoms with Crippen LogP contribution < -0.4 is 9.46 Å². The smallest absolute Gasteiger partial charge is 0.240 e. The quantitative estimate of drug-likeness (QED) is 0.542. The molecule has 0 amide bonds. The van der Waals surface area contributed by atoms with Crippen LogP contribution in [0.3, 0.4) is 0 Å². The Kier molecular flexibility index (Phi) is 6.77. The third-order valence-electron chi connectivity index (χ3n) is 5.55. The molecule has 1 heterocycles. The summed E-state index contributed by atoms with van der Waals surface area (Å²) in [5, 5.41) is 2.04. The van der Waals surface area contributed by atoms with Gasteiger partial charge in [0.15, 0.2) is 0 Å². The highest BCUT2D eigenvalue weighted by Gasteiger charge is 2.24. The highest BCUT2D eigenvalue weighted by Crippen LogP contribution is 2.25. The monoisotopic (exact) mass is 462 g/mol. The minimum Gasteiger partial charge on any atom is -0.492 e. The highest BCUT2D eigenvalue weighted by atomic mass is 35.5. The fourth-order valence-electron chi connectivity index (χ4n) is 3.84. The van der Waals surface area contributed by atoms with Gasteiger partial charge in [-0.2, -0.15) is 0 Å². The summed E-state index contributed by atoms with van der Waals surface area (Å²) in [6, 6.07) is 17.6. The molecule has 0 aromatic heterocycles. The summed E-state index contributed by atoms with van der Waals surface area (Å²) in [4.78, 5) is 2.25. The molecule has 1 N–H and O–H groups in total. The van der Waals surface area contributed by atoms with Crippen LogP contribution in [-0.2, 0) is 10.0 Å². The molecule has 5 nitrogen and oxygen atoms in total. The average Bonchev–Trinajstić information content (AvgIpc) is 3.22. The SMILES string of the molecule is O=S(=O)(NCC1CCN(CCOc2cccc3ccccc23)C1)c1ccc(F)c(Cl)c1. The van der Waals surface area contributed by atoms with E-state index < -0.39 is 15.8 Å². The largest absolute Gasteiger partial charge is 0.492 e. The van der Waals surface area contributed by atoms with Gasteiger partial charge in [-0.3, -0.25) is 4.90 Å². The second-order valence-corrected chi connectivity index (χ2v) is 9.88. The second-order valence-electron chi connectivity index (χ2n) is 7.71. The van der Waals surface area contributed by atoms with Crippen molar-refractivity contribution in [2.24, 2.45) is 5.92 Å². The van der Waals surface area contributed by atoms with Crippen molar-refractivity contribution in [1.29, 1.82) is 0 Å². The van der Waals surface area contributed by atoms with E-state index in [1.807, 2.05) is 24.3 Å². The van der Waals surface area contributed by atoms with Crippen molar-refractivity contribution in [2.45, 2.75) is 11.3 Å². The first-order valence-corrected chi connectivity index (χ1v) is 12.1. The molecular weight excluding hydrogens is 439 g/mol. The molecular formula is C23H24ClFN2O3S. The van der Waals surface area contributed by atoms with E-state index in [4.69, 9.17) is 16.3 Å². The molecule has 1 aliphatic heterocycles. The van der Waals surface area contributed by atoms with E-state index in [9.17, 15) is 12.8 Å². The Hall–Kier alpha value is -2.19. The number of hydrogen-bond acceptors (Lipinski definition) is 4. The average molecular weight is 463 g/mol. The lowest BCUT2D eigenvalue weighted by Crippen LogP contribution is -2.32. The maximum atomic E-state index is 13.3. The van der Waals surface area contributed by atoms with E-state index in [0.717, 1.165) is 54.7 Å². The molecule has 0 radical (unpaired) electrons. The molecule has 3 aromatic carbocycles. The van der Waals surface area contributed by atoms with Crippen molar-refractivity contribution in [3.63, 3.8) is 0 Å². The van der Waals surface area contributed by atoms with Crippen molar-refractivity contribution in [2.75, 3.05) is 32.8 Å². The standard InChI is InChI=1S/C23H24ClFN2O3S/c24-21-14-19(8-9-22(21)25)31(28,29)26-15-17-10-11-27(16-17)12-13-30-23-7-3-5-18-4-1-2-6-20(18)23/h1-9,14,17,26H,10-13,15-16H2. The van der Waals surface area contributed by atoms with E-state index in [1.165, 1.54) is 6.07 Å². The Balaban J connectivity index is 1.25. The Morgan fingerprint density at radius 1 is 1.13 bits per heavy atom. The topological polar surface area (TPSA) is 58.6 Å². The molecule has 1 atom stereocenters. The third-order valence-corrected chi connectivity index (χ3v) is 7.26. The minimum atomic E-state index is -3.72. The van der Waals surface area contributed by atoms with Gasteiger partial charge in [-0.05, 0) is 48.5 Å². The fourth-order valence-corrected chi connectivity index (χ4v) is 5.23. The zero-order chi connectivity index (χ0) is 21.8. The van der Waals surface area contributed by atoms with Crippen LogP contribution in [0.4, 0.5) is 4.39 Å². The number of likely N-dealkylation sites (tertiary alicyclic amines) is 1. The number of halogens is 2. The number of fused-ring (bicyclic) bond motifs is 1. The number of benzene rings is 3. The molecule has 4 rings (SSSR count). The van der Waals surface area contributed by atoms with Crippen LogP contribution >= 0.6 is 11.6 Å². The molecule has 8 heteroatoms. The lowest BCUT2D eigenvalue weighted by Gasteiger charge is -2.17. The molecule has 0 spiro atoms. The van der Waals surface area contributed by atoms with Crippen molar-refractivity contribution in [3.8, 4) is 5.75 Å². The third kappa shape index (κ3) is 5.36. The van der Waals surface area contributed by atoms with Gasteiger partial charge in [-0.15, -0.1) is 0 Å². The molecule has 0 saturated carbocycles. The maximum Gasteiger partial charge on any atom is 0.240 e. The Labute approximate surface area is 186 Å². The normalized spacial score (nSPS) is 17.3. The Bertz CT molecular complexity index is 1170. The van der Waals surface area contributed by atoms with Gasteiger partial charge in [0, 0.05) is 25.0 Å². The van der Waals surface area contributed by atoms with Crippen LogP contribution in [0.1, 0.15) is 6.42 Å². The predicted molar refractivity (Wildman–Crippen MR) is 121 cm³/mol. The summed E-state index contributed by atoms with van der Waals surface area (Å²) in [5.41, 5.74) is 0. The molecule has 1 aliphatic rings. The van der Waals surface area contributed by atoms with Crippen LogP contribution in [0.5, 0.6) is 5.75 Å². The van der Waals surface area contributed by atoms with Crippen LogP contribution in [-0.4, -0.2) is 46.1 Å². The van der Waals surface area contributed by atoms with Gasteiger partial charge < -0.3 is 4.74 Å². The zero-order valence-corrected chi connectivity index (χ0v) is 18.5. The van der Waals surface area contributed by atoms with E-state index in [1.54, 1.807) is 0 Å². The van der Waals surface area contributed by atoms with Crippen molar-refractivity contribution < 1.29 is 17.5 Å². The molecule has 1 unspecified atom stereocenters. The molecule has 1 saturated heterocycles. The maximum absolute atomic E-state index is 13.3. The van der Waals surface area contributed by atoms with Gasteiger partial charge in [-0.1, -0.05) is 48.0 Å². The number of nitrogens with zero attached hydrogens (tertiary/aromatic N) is 1. The fraction of sp³-hybridized carbons (Fsp3) is 0.304. The minimum absolute atomic E-state index is 0.0303. The van der Waals surface area contributed by atoms with Crippen molar-refractivity contribution in [3.05, 3.63) is 71.5 Å². The molecule has 3 aromatic rings. The first kappa shape index (κ1) is 22.0. The molecule has 1 fully saturated rings. The van der Waals surface area contributed by atoms with E-state index in [-0.39, 0.29) is 15.8 Å². The van der Waals surface area contributed by atoms with Crippen LogP contribution in [0.2, 0.25) is 5.02 Å². The lowest BCUT2D eigenvalue weighted by atomic mass is 10.1. The van der Waals surface area contributed by atoms with Gasteiger partial charge in [0.2, 0.25) is 10.0 Å². The Morgan fingerprint density at radius 2 is 1.94 bits per heavy atom. The van der Waals surface area contributed by atoms with E-state index >= 15 is 0 Å². The van der Waals surface area contributed by atoms with Crippen molar-refractivity contribution >= 4 is 32.4 Å². The lowest BCUT2D eigenvalue weighted by molar-refractivity contribution is 0.234. The summed E-state index contributed by atoms with van der Waals surface area (Å²) < 4.78 is 46.8. The van der Waals surface area contributed by atoms with E-state index in [2.05, 4.69) is 27.8 Å². The van der Waals surface area contributed by atoms with E-state index in [0.29, 0.717) is 13.2 Å². The van der Waals surface area contributed by atoms with Gasteiger partial charge >= 0.3 is 0 Å². The summed E-state index contributed by atoms with van der Waals surface area (Å²) >= 11 is 5.71. The van der Waals surface area contributed by atoms with Crippen molar-refractivity contribution in [1.82, 2.24) is 9.62 Å². The Morgan fingerprint density at radius 3 is 2.77 bits per heavy atom. The summed E-state index contributed by atoms with van der Waals surface area (Å²) in [7, 11) is -3.72. The summed E-state index contributed by atoms with van der Waals surface area (Å²) in [6.45, 7) is 3.37. The first-order chi connectivity index (χ1) is 14.9. The summed E-state index contributed by atoms with van der Waals surface area (Å²) in [5.74, 6) is 0.445. The summed E-state index contributed by atoms with van der Waals surface area (Å²) in [6.07, 6.45) is 0.904. The van der Waals surface area contributed by atoms with Crippen LogP contribution in [0.15, 0.2) is 65.6 Å². The highest BCUT2D eigenvalue weighted by molar-refractivity contribution is 7.89. The number of ether oxygens (including phenoxy) is 1. The van der Waals surface area contributed by atoms with Gasteiger partial charge in [-0.25, -0.2) is 17.5 Å². The predicted octanol–water partition coefficient (Wildman–Crippen LogP) is 4.31. The van der Waals surface area contributed by atoms with Crippen LogP contribution in [0, 0.1) is 11.7 Å². The number of rotatable bonds is 8. The number of nitrogens with one attached hydrogen (secondary N) is 1. The molecule has 0 bridgehead atoms. The number of sulfonamides is 1. The molecule has 0 aliphatic carbocycles. The number of hydrogen-bond donors (Lipinski definition) is 1. The zero-order valence-electron chi connectivity index (χ0n) is 16.9. The molecule has 31 heavy (non-hydrogen) atoms. The van der Waals surface area contributed by atoms with Gasteiger partial charge in [0.05, 0.1) is 9.92 Å². The molecule has 164 valence electrons.